The fraction of sp³-hybridized carbons (Fsp3) is 0.316. The Morgan fingerprint density at radius 2 is 1.59 bits per heavy atom. The number of benzene rings is 2. The maximum absolute atomic E-state index is 12.4. The molecule has 0 fully saturated rings. The molecule has 0 radical (unpaired) electrons. The Morgan fingerprint density at radius 1 is 1.03 bits per heavy atom. The van der Waals surface area contributed by atoms with E-state index >= 15 is 0 Å². The minimum absolute atomic E-state index is 0.00530. The van der Waals surface area contributed by atoms with Crippen LogP contribution in [-0.4, -0.2) is 44.9 Å². The summed E-state index contributed by atoms with van der Waals surface area (Å²) >= 11 is 0. The molecule has 0 saturated carbocycles. The molecule has 0 aliphatic carbocycles. The van der Waals surface area contributed by atoms with Crippen molar-refractivity contribution in [1.82, 2.24) is 4.31 Å². The average Bonchev–Trinajstić information content (AvgIpc) is 2.67. The van der Waals surface area contributed by atoms with E-state index in [0.717, 1.165) is 0 Å². The number of rotatable bonds is 9. The van der Waals surface area contributed by atoms with Crippen LogP contribution in [0, 0.1) is 0 Å². The summed E-state index contributed by atoms with van der Waals surface area (Å²) in [6.07, 6.45) is 0. The summed E-state index contributed by atoms with van der Waals surface area (Å²) in [4.78, 5) is 12.2. The monoisotopic (exact) mass is 427 g/mol. The van der Waals surface area contributed by atoms with Crippen molar-refractivity contribution in [3.63, 3.8) is 0 Å². The van der Waals surface area contributed by atoms with Gasteiger partial charge in [0.15, 0.2) is 0 Å². The number of ether oxygens (including phenoxy) is 1. The molecule has 0 atom stereocenters. The van der Waals surface area contributed by atoms with Crippen LogP contribution in [0.4, 0.5) is 20.2 Å². The minimum Gasteiger partial charge on any atom is -0.435 e. The molecule has 0 aliphatic rings. The average molecular weight is 427 g/mol. The SMILES string of the molecule is CC(C)N(C)S(=O)(=O)c1ccc(NCC(=O)Nc2ccc(OC(F)F)cc2)cc1. The molecule has 0 aromatic heterocycles. The van der Waals surface area contributed by atoms with Gasteiger partial charge in [0.25, 0.3) is 0 Å². The molecule has 29 heavy (non-hydrogen) atoms. The Kier molecular flexibility index (Phi) is 7.52. The van der Waals surface area contributed by atoms with Gasteiger partial charge >= 0.3 is 6.61 Å². The molecular formula is C19H23F2N3O4S. The zero-order valence-corrected chi connectivity index (χ0v) is 17.0. The van der Waals surface area contributed by atoms with Crippen molar-refractivity contribution in [1.29, 1.82) is 0 Å². The number of hydrogen-bond donors (Lipinski definition) is 2. The predicted octanol–water partition coefficient (Wildman–Crippen LogP) is 3.37. The Labute approximate surface area is 168 Å². The minimum atomic E-state index is -3.57. The summed E-state index contributed by atoms with van der Waals surface area (Å²) in [5.41, 5.74) is 1.00. The number of nitrogens with one attached hydrogen (secondary N) is 2. The van der Waals surface area contributed by atoms with Crippen LogP contribution in [0.25, 0.3) is 0 Å². The van der Waals surface area contributed by atoms with Crippen molar-refractivity contribution in [2.75, 3.05) is 24.2 Å². The van der Waals surface area contributed by atoms with Crippen LogP contribution >= 0.6 is 0 Å². The lowest BCUT2D eigenvalue weighted by Gasteiger charge is -2.21. The molecule has 0 aliphatic heterocycles. The van der Waals surface area contributed by atoms with Gasteiger partial charge in [0.2, 0.25) is 15.9 Å². The Morgan fingerprint density at radius 3 is 2.10 bits per heavy atom. The lowest BCUT2D eigenvalue weighted by atomic mass is 10.3. The van der Waals surface area contributed by atoms with Crippen LogP contribution in [0.15, 0.2) is 53.4 Å². The molecule has 7 nitrogen and oxygen atoms in total. The normalized spacial score (nSPS) is 11.7. The number of carbonyl (C=O) groups is 1. The summed E-state index contributed by atoms with van der Waals surface area (Å²) in [5, 5.41) is 5.50. The summed E-state index contributed by atoms with van der Waals surface area (Å²) in [6, 6.07) is 11.5. The highest BCUT2D eigenvalue weighted by atomic mass is 32.2. The number of nitrogens with zero attached hydrogens (tertiary/aromatic N) is 1. The second-order valence-electron chi connectivity index (χ2n) is 6.44. The predicted molar refractivity (Wildman–Crippen MR) is 107 cm³/mol. The molecular weight excluding hydrogens is 404 g/mol. The van der Waals surface area contributed by atoms with Gasteiger partial charge in [-0.25, -0.2) is 8.42 Å². The Bertz CT molecular complexity index is 917. The lowest BCUT2D eigenvalue weighted by Crippen LogP contribution is -2.33. The highest BCUT2D eigenvalue weighted by Gasteiger charge is 2.22. The first-order chi connectivity index (χ1) is 13.6. The molecule has 2 aromatic rings. The third kappa shape index (κ3) is 6.40. The van der Waals surface area contributed by atoms with Gasteiger partial charge in [-0.2, -0.15) is 13.1 Å². The molecule has 158 valence electrons. The van der Waals surface area contributed by atoms with Crippen LogP contribution in [0.5, 0.6) is 5.75 Å². The van der Waals surface area contributed by atoms with Crippen molar-refractivity contribution in [2.24, 2.45) is 0 Å². The highest BCUT2D eigenvalue weighted by molar-refractivity contribution is 7.89. The second-order valence-corrected chi connectivity index (χ2v) is 8.44. The van der Waals surface area contributed by atoms with Crippen molar-refractivity contribution >= 4 is 27.3 Å². The third-order valence-corrected chi connectivity index (χ3v) is 6.12. The maximum atomic E-state index is 12.4. The lowest BCUT2D eigenvalue weighted by molar-refractivity contribution is -0.114. The van der Waals surface area contributed by atoms with E-state index in [0.29, 0.717) is 11.4 Å². The number of sulfonamides is 1. The number of carbonyl (C=O) groups excluding carboxylic acids is 1. The summed E-state index contributed by atoms with van der Waals surface area (Å²) < 4.78 is 54.6. The van der Waals surface area contributed by atoms with E-state index in [-0.39, 0.29) is 29.1 Å². The van der Waals surface area contributed by atoms with Crippen molar-refractivity contribution in [3.05, 3.63) is 48.5 Å². The molecule has 0 unspecified atom stereocenters. The van der Waals surface area contributed by atoms with Crippen molar-refractivity contribution < 1.29 is 26.7 Å². The number of amides is 1. The third-order valence-electron chi connectivity index (χ3n) is 4.07. The van der Waals surface area contributed by atoms with Crippen molar-refractivity contribution in [3.8, 4) is 5.75 Å². The number of hydrogen-bond acceptors (Lipinski definition) is 5. The van der Waals surface area contributed by atoms with E-state index in [1.807, 2.05) is 0 Å². The van der Waals surface area contributed by atoms with Crippen LogP contribution in [0.2, 0.25) is 0 Å². The first-order valence-electron chi connectivity index (χ1n) is 8.76. The summed E-state index contributed by atoms with van der Waals surface area (Å²) in [5.74, 6) is -0.363. The molecule has 2 rings (SSSR count). The fourth-order valence-electron chi connectivity index (χ4n) is 2.30. The van der Waals surface area contributed by atoms with Gasteiger partial charge in [-0.1, -0.05) is 0 Å². The van der Waals surface area contributed by atoms with Gasteiger partial charge in [-0.15, -0.1) is 0 Å². The molecule has 0 bridgehead atoms. The van der Waals surface area contributed by atoms with Gasteiger partial charge in [0.1, 0.15) is 5.75 Å². The smallest absolute Gasteiger partial charge is 0.387 e. The first kappa shape index (κ1) is 22.6. The zero-order chi connectivity index (χ0) is 21.6. The van der Waals surface area contributed by atoms with Crippen LogP contribution in [0.1, 0.15) is 13.8 Å². The molecule has 0 spiro atoms. The van der Waals surface area contributed by atoms with E-state index in [1.165, 1.54) is 47.8 Å². The Balaban J connectivity index is 1.90. The quantitative estimate of drug-likeness (QED) is 0.641. The molecule has 0 saturated heterocycles. The Hall–Kier alpha value is -2.72. The summed E-state index contributed by atoms with van der Waals surface area (Å²) in [7, 11) is -2.05. The number of halogens is 2. The fourth-order valence-corrected chi connectivity index (χ4v) is 3.66. The topological polar surface area (TPSA) is 87.7 Å². The van der Waals surface area contributed by atoms with Crippen LogP contribution < -0.4 is 15.4 Å². The highest BCUT2D eigenvalue weighted by Crippen LogP contribution is 2.20. The van der Waals surface area contributed by atoms with Gasteiger partial charge in [0, 0.05) is 24.5 Å². The molecule has 2 N–H and O–H groups in total. The van der Waals surface area contributed by atoms with E-state index in [2.05, 4.69) is 15.4 Å². The number of alkyl halides is 2. The maximum Gasteiger partial charge on any atom is 0.387 e. The molecule has 2 aromatic carbocycles. The van der Waals surface area contributed by atoms with Crippen molar-refractivity contribution in [2.45, 2.75) is 31.4 Å². The van der Waals surface area contributed by atoms with Crippen LogP contribution in [-0.2, 0) is 14.8 Å². The van der Waals surface area contributed by atoms with E-state index in [1.54, 1.807) is 26.0 Å². The van der Waals surface area contributed by atoms with Gasteiger partial charge in [-0.3, -0.25) is 4.79 Å². The number of anilines is 2. The first-order valence-corrected chi connectivity index (χ1v) is 10.2. The van der Waals surface area contributed by atoms with E-state index < -0.39 is 16.6 Å². The van der Waals surface area contributed by atoms with E-state index in [9.17, 15) is 22.0 Å². The van der Waals surface area contributed by atoms with Gasteiger partial charge < -0.3 is 15.4 Å². The van der Waals surface area contributed by atoms with Gasteiger partial charge in [0.05, 0.1) is 11.4 Å². The molecule has 1 amide bonds. The van der Waals surface area contributed by atoms with Crippen LogP contribution in [0.3, 0.4) is 0 Å². The largest absolute Gasteiger partial charge is 0.435 e. The zero-order valence-electron chi connectivity index (χ0n) is 16.2. The molecule has 10 heteroatoms. The van der Waals surface area contributed by atoms with Gasteiger partial charge in [-0.05, 0) is 62.4 Å². The second kappa shape index (κ2) is 9.66. The molecule has 0 heterocycles. The standard InChI is InChI=1S/C19H23F2N3O4S/c1-13(2)24(3)29(26,27)17-10-6-14(7-11-17)22-12-18(25)23-15-4-8-16(9-5-15)28-19(20)21/h4-11,13,19,22H,12H2,1-3H3,(H,23,25). The summed E-state index contributed by atoms with van der Waals surface area (Å²) in [6.45, 7) is 0.594. The van der Waals surface area contributed by atoms with E-state index in [4.69, 9.17) is 0 Å².